The number of rotatable bonds is 5. The van der Waals surface area contributed by atoms with Crippen LogP contribution in [0.5, 0.6) is 0 Å². The number of carbonyl (C=O) groups excluding carboxylic acids is 2. The first kappa shape index (κ1) is 19.7. The van der Waals surface area contributed by atoms with Crippen molar-refractivity contribution in [3.63, 3.8) is 0 Å². The Morgan fingerprint density at radius 3 is 2.52 bits per heavy atom. The van der Waals surface area contributed by atoms with E-state index in [9.17, 15) is 9.59 Å². The van der Waals surface area contributed by atoms with Gasteiger partial charge < -0.3 is 5.32 Å². The van der Waals surface area contributed by atoms with Crippen molar-refractivity contribution in [1.29, 1.82) is 0 Å². The Labute approximate surface area is 159 Å². The van der Waals surface area contributed by atoms with E-state index in [-0.39, 0.29) is 17.4 Å². The number of nitrogens with zero attached hydrogens (tertiary/aromatic N) is 1. The molecule has 4 nitrogen and oxygen atoms in total. The van der Waals surface area contributed by atoms with Crippen LogP contribution in [-0.4, -0.2) is 33.1 Å². The van der Waals surface area contributed by atoms with Crippen LogP contribution in [0.1, 0.15) is 44.7 Å². The fraction of sp³-hybridized carbons (Fsp3) is 0.421. The molecule has 0 aliphatic carbocycles. The molecule has 134 valence electrons. The van der Waals surface area contributed by atoms with Gasteiger partial charge in [-0.1, -0.05) is 53.8 Å². The van der Waals surface area contributed by atoms with Gasteiger partial charge in [-0.3, -0.25) is 14.5 Å². The number of thioether (sulfide) groups is 1. The lowest BCUT2D eigenvalue weighted by Gasteiger charge is -2.21. The Hall–Kier alpha value is -1.66. The molecule has 0 aromatic heterocycles. The molecule has 1 fully saturated rings. The summed E-state index contributed by atoms with van der Waals surface area (Å²) in [4.78, 5) is 26.6. The Bertz CT molecular complexity index is 703. The average Bonchev–Trinajstić information content (AvgIpc) is 2.75. The van der Waals surface area contributed by atoms with Crippen LogP contribution in [0.3, 0.4) is 0 Å². The predicted octanol–water partition coefficient (Wildman–Crippen LogP) is 3.89. The second-order valence-electron chi connectivity index (χ2n) is 7.15. The molecule has 25 heavy (non-hydrogen) atoms. The molecule has 1 N–H and O–H groups in total. The zero-order valence-corrected chi connectivity index (χ0v) is 16.7. The molecule has 2 amide bonds. The molecule has 1 aliphatic rings. The summed E-state index contributed by atoms with van der Waals surface area (Å²) in [7, 11) is 0. The van der Waals surface area contributed by atoms with Gasteiger partial charge in [0.15, 0.2) is 0 Å². The summed E-state index contributed by atoms with van der Waals surface area (Å²) < 4.78 is 0.555. The van der Waals surface area contributed by atoms with Crippen LogP contribution in [0.4, 0.5) is 0 Å². The van der Waals surface area contributed by atoms with Gasteiger partial charge in [-0.2, -0.15) is 0 Å². The molecule has 0 saturated carbocycles. The van der Waals surface area contributed by atoms with E-state index < -0.39 is 0 Å². The van der Waals surface area contributed by atoms with Crippen molar-refractivity contribution in [2.75, 3.05) is 6.54 Å². The fourth-order valence-electron chi connectivity index (χ4n) is 2.39. The normalized spacial score (nSPS) is 16.6. The molecular formula is C19H24N2O2S2. The summed E-state index contributed by atoms with van der Waals surface area (Å²) in [6.07, 6.45) is 2.84. The van der Waals surface area contributed by atoms with Gasteiger partial charge in [0.25, 0.3) is 5.91 Å². The van der Waals surface area contributed by atoms with Crippen LogP contribution in [-0.2, 0) is 9.59 Å². The summed E-state index contributed by atoms with van der Waals surface area (Å²) in [5.41, 5.74) is 1.92. The molecule has 1 aromatic carbocycles. The van der Waals surface area contributed by atoms with Crippen molar-refractivity contribution in [3.05, 3.63) is 40.3 Å². The maximum atomic E-state index is 12.5. The standard InChI is InChI=1S/C19H24N2O2S2/c1-13-7-9-14(10-8-13)12-15-17(23)21(18(24)25-15)11-5-6-16(22)20-19(2,3)4/h7-10,12H,5-6,11H2,1-4H3,(H,20,22)/b15-12+. The maximum absolute atomic E-state index is 12.5. The van der Waals surface area contributed by atoms with Crippen molar-refractivity contribution < 1.29 is 9.59 Å². The number of nitrogens with one attached hydrogen (secondary N) is 1. The first-order valence-corrected chi connectivity index (χ1v) is 9.51. The van der Waals surface area contributed by atoms with E-state index in [1.165, 1.54) is 17.3 Å². The van der Waals surface area contributed by atoms with Crippen LogP contribution >= 0.6 is 24.0 Å². The number of hydrogen-bond donors (Lipinski definition) is 1. The molecule has 1 aliphatic heterocycles. The Balaban J connectivity index is 1.93. The topological polar surface area (TPSA) is 49.4 Å². The minimum absolute atomic E-state index is 0.00635. The van der Waals surface area contributed by atoms with Gasteiger partial charge in [-0.25, -0.2) is 0 Å². The van der Waals surface area contributed by atoms with Crippen LogP contribution in [0, 0.1) is 6.92 Å². The van der Waals surface area contributed by atoms with Gasteiger partial charge in [0.05, 0.1) is 4.91 Å². The van der Waals surface area contributed by atoms with Crippen molar-refractivity contribution >= 4 is 46.2 Å². The van der Waals surface area contributed by atoms with Gasteiger partial charge in [0.2, 0.25) is 5.91 Å². The highest BCUT2D eigenvalue weighted by molar-refractivity contribution is 8.26. The molecule has 0 atom stereocenters. The van der Waals surface area contributed by atoms with Gasteiger partial charge in [-0.05, 0) is 45.8 Å². The van der Waals surface area contributed by atoms with Crippen molar-refractivity contribution in [2.24, 2.45) is 0 Å². The molecule has 0 radical (unpaired) electrons. The molecule has 6 heteroatoms. The number of thiocarbonyl (C=S) groups is 1. The molecule has 1 heterocycles. The third kappa shape index (κ3) is 5.97. The average molecular weight is 377 g/mol. The minimum atomic E-state index is -0.240. The molecule has 0 bridgehead atoms. The predicted molar refractivity (Wildman–Crippen MR) is 108 cm³/mol. The van der Waals surface area contributed by atoms with E-state index in [0.717, 1.165) is 5.56 Å². The fourth-order valence-corrected chi connectivity index (χ4v) is 3.69. The zero-order chi connectivity index (χ0) is 18.6. The number of hydrogen-bond acceptors (Lipinski definition) is 4. The first-order valence-electron chi connectivity index (χ1n) is 8.29. The largest absolute Gasteiger partial charge is 0.352 e. The molecule has 0 spiro atoms. The highest BCUT2D eigenvalue weighted by atomic mass is 32.2. The van der Waals surface area contributed by atoms with Gasteiger partial charge >= 0.3 is 0 Å². The van der Waals surface area contributed by atoms with E-state index >= 15 is 0 Å². The van der Waals surface area contributed by atoms with Crippen LogP contribution < -0.4 is 5.32 Å². The number of carbonyl (C=O) groups is 2. The molecule has 2 rings (SSSR count). The van der Waals surface area contributed by atoms with E-state index in [4.69, 9.17) is 12.2 Å². The quantitative estimate of drug-likeness (QED) is 0.626. The van der Waals surface area contributed by atoms with Crippen LogP contribution in [0.15, 0.2) is 29.2 Å². The van der Waals surface area contributed by atoms with Crippen molar-refractivity contribution in [1.82, 2.24) is 10.2 Å². The monoisotopic (exact) mass is 376 g/mol. The van der Waals surface area contributed by atoms with Gasteiger partial charge in [0.1, 0.15) is 4.32 Å². The van der Waals surface area contributed by atoms with Crippen molar-refractivity contribution in [3.8, 4) is 0 Å². The minimum Gasteiger partial charge on any atom is -0.352 e. The van der Waals surface area contributed by atoms with E-state index in [1.807, 2.05) is 58.0 Å². The lowest BCUT2D eigenvalue weighted by Crippen LogP contribution is -2.40. The summed E-state index contributed by atoms with van der Waals surface area (Å²) in [6, 6.07) is 8.00. The maximum Gasteiger partial charge on any atom is 0.266 e. The molecule has 1 saturated heterocycles. The second kappa shape index (κ2) is 8.15. The van der Waals surface area contributed by atoms with E-state index in [1.54, 1.807) is 4.90 Å². The van der Waals surface area contributed by atoms with Crippen molar-refractivity contribution in [2.45, 2.75) is 46.1 Å². The van der Waals surface area contributed by atoms with Crippen LogP contribution in [0.25, 0.3) is 6.08 Å². The summed E-state index contributed by atoms with van der Waals surface area (Å²) in [5.74, 6) is -0.0834. The van der Waals surface area contributed by atoms with E-state index in [0.29, 0.717) is 28.6 Å². The Morgan fingerprint density at radius 2 is 1.92 bits per heavy atom. The summed E-state index contributed by atoms with van der Waals surface area (Å²) in [5, 5.41) is 2.92. The van der Waals surface area contributed by atoms with E-state index in [2.05, 4.69) is 5.32 Å². The SMILES string of the molecule is Cc1ccc(/C=C2/SC(=S)N(CCCC(=O)NC(C)(C)C)C2=O)cc1. The number of benzene rings is 1. The Kier molecular flexibility index (Phi) is 6.41. The summed E-state index contributed by atoms with van der Waals surface area (Å²) in [6.45, 7) is 8.33. The lowest BCUT2D eigenvalue weighted by atomic mass is 10.1. The van der Waals surface area contributed by atoms with Crippen LogP contribution in [0.2, 0.25) is 0 Å². The molecule has 0 unspecified atom stereocenters. The first-order chi connectivity index (χ1) is 11.7. The third-order valence-electron chi connectivity index (χ3n) is 3.55. The lowest BCUT2D eigenvalue weighted by molar-refractivity contribution is -0.124. The number of amides is 2. The van der Waals surface area contributed by atoms with Gasteiger partial charge in [-0.15, -0.1) is 0 Å². The Morgan fingerprint density at radius 1 is 1.28 bits per heavy atom. The smallest absolute Gasteiger partial charge is 0.266 e. The zero-order valence-electron chi connectivity index (χ0n) is 15.1. The highest BCUT2D eigenvalue weighted by Crippen LogP contribution is 2.32. The highest BCUT2D eigenvalue weighted by Gasteiger charge is 2.31. The van der Waals surface area contributed by atoms with Gasteiger partial charge in [0, 0.05) is 18.5 Å². The number of aryl methyl sites for hydroxylation is 1. The third-order valence-corrected chi connectivity index (χ3v) is 4.93. The summed E-state index contributed by atoms with van der Waals surface area (Å²) >= 11 is 6.64. The second-order valence-corrected chi connectivity index (χ2v) is 8.82. The molecular weight excluding hydrogens is 352 g/mol. The molecule has 1 aromatic rings.